The number of nitrogens with zero attached hydrogens (tertiary/aromatic N) is 3. The number of ether oxygens (including phenoxy) is 1. The van der Waals surface area contributed by atoms with Crippen molar-refractivity contribution in [3.05, 3.63) is 36.4 Å². The summed E-state index contributed by atoms with van der Waals surface area (Å²) in [6.07, 6.45) is 1.47. The molecule has 0 aliphatic rings. The summed E-state index contributed by atoms with van der Waals surface area (Å²) in [6, 6.07) is 6.93. The first-order chi connectivity index (χ1) is 10.2. The van der Waals surface area contributed by atoms with E-state index in [-0.39, 0.29) is 5.75 Å². The van der Waals surface area contributed by atoms with Gasteiger partial charge in [-0.05, 0) is 45.0 Å². The van der Waals surface area contributed by atoms with Crippen LogP contribution < -0.4 is 4.72 Å². The van der Waals surface area contributed by atoms with Crippen molar-refractivity contribution >= 4 is 15.7 Å². The Hall–Kier alpha value is -1.93. The molecule has 0 saturated carbocycles. The molecule has 1 N–H and O–H groups in total. The van der Waals surface area contributed by atoms with Crippen LogP contribution in [-0.2, 0) is 14.8 Å². The third-order valence-electron chi connectivity index (χ3n) is 3.19. The molecule has 1 aromatic heterocycles. The molecule has 0 atom stereocenters. The Balaban J connectivity index is 2.13. The molecule has 22 heavy (non-hydrogen) atoms. The van der Waals surface area contributed by atoms with Gasteiger partial charge in [0.1, 0.15) is 12.2 Å². The minimum absolute atomic E-state index is 0.125. The standard InChI is InChI=1S/C14H20N4O3S/c1-11-15-10-16-18(11)13-7-5-12(6-8-13)17-22(19,20)9-14(2,3)21-4/h5-8,10,17H,9H2,1-4H3. The molecule has 0 aliphatic carbocycles. The van der Waals surface area contributed by atoms with E-state index in [0.717, 1.165) is 11.5 Å². The van der Waals surface area contributed by atoms with Crippen molar-refractivity contribution in [1.82, 2.24) is 14.8 Å². The molecule has 8 heteroatoms. The highest BCUT2D eigenvalue weighted by Gasteiger charge is 2.25. The maximum absolute atomic E-state index is 12.1. The van der Waals surface area contributed by atoms with Gasteiger partial charge in [-0.3, -0.25) is 4.72 Å². The second-order valence-corrected chi connectivity index (χ2v) is 7.31. The molecule has 1 aromatic carbocycles. The second-order valence-electron chi connectivity index (χ2n) is 5.59. The third-order valence-corrected chi connectivity index (χ3v) is 4.82. The van der Waals surface area contributed by atoms with Crippen molar-refractivity contribution in [1.29, 1.82) is 0 Å². The van der Waals surface area contributed by atoms with Crippen LogP contribution in [0.2, 0.25) is 0 Å². The highest BCUT2D eigenvalue weighted by molar-refractivity contribution is 7.92. The quantitative estimate of drug-likeness (QED) is 0.875. The summed E-state index contributed by atoms with van der Waals surface area (Å²) in [5.41, 5.74) is 0.562. The molecule has 0 fully saturated rings. The van der Waals surface area contributed by atoms with Gasteiger partial charge in [-0.25, -0.2) is 18.1 Å². The molecular weight excluding hydrogens is 304 g/mol. The van der Waals surface area contributed by atoms with Gasteiger partial charge < -0.3 is 4.74 Å². The van der Waals surface area contributed by atoms with Gasteiger partial charge in [0.05, 0.1) is 17.0 Å². The Bertz CT molecular complexity index is 736. The van der Waals surface area contributed by atoms with E-state index in [2.05, 4.69) is 14.8 Å². The Morgan fingerprint density at radius 3 is 2.41 bits per heavy atom. The fraction of sp³-hybridized carbons (Fsp3) is 0.429. The van der Waals surface area contributed by atoms with Gasteiger partial charge in [0, 0.05) is 12.8 Å². The number of aryl methyl sites for hydroxylation is 1. The lowest BCUT2D eigenvalue weighted by molar-refractivity contribution is 0.0426. The van der Waals surface area contributed by atoms with E-state index >= 15 is 0 Å². The van der Waals surface area contributed by atoms with Gasteiger partial charge in [0.2, 0.25) is 10.0 Å². The molecule has 0 amide bonds. The normalized spacial score (nSPS) is 12.4. The summed E-state index contributed by atoms with van der Waals surface area (Å²) in [5.74, 6) is 0.635. The maximum atomic E-state index is 12.1. The molecule has 1 heterocycles. The van der Waals surface area contributed by atoms with Gasteiger partial charge >= 0.3 is 0 Å². The lowest BCUT2D eigenvalue weighted by Crippen LogP contribution is -2.35. The van der Waals surface area contributed by atoms with E-state index in [4.69, 9.17) is 4.74 Å². The van der Waals surface area contributed by atoms with Gasteiger partial charge in [-0.1, -0.05) is 0 Å². The molecule has 0 radical (unpaired) electrons. The van der Waals surface area contributed by atoms with Crippen molar-refractivity contribution < 1.29 is 13.2 Å². The predicted octanol–water partition coefficient (Wildman–Crippen LogP) is 1.74. The SMILES string of the molecule is COC(C)(C)CS(=O)(=O)Nc1ccc(-n2ncnc2C)cc1. The van der Waals surface area contributed by atoms with Crippen LogP contribution >= 0.6 is 0 Å². The lowest BCUT2D eigenvalue weighted by atomic mass is 10.2. The van der Waals surface area contributed by atoms with Gasteiger partial charge in [-0.15, -0.1) is 0 Å². The topological polar surface area (TPSA) is 86.1 Å². The average molecular weight is 324 g/mol. The molecule has 0 bridgehead atoms. The maximum Gasteiger partial charge on any atom is 0.235 e. The number of rotatable bonds is 6. The van der Waals surface area contributed by atoms with E-state index in [1.807, 2.05) is 6.92 Å². The Morgan fingerprint density at radius 1 is 1.27 bits per heavy atom. The number of hydrogen-bond donors (Lipinski definition) is 1. The van der Waals surface area contributed by atoms with E-state index in [1.54, 1.807) is 42.8 Å². The van der Waals surface area contributed by atoms with Crippen LogP contribution in [0.1, 0.15) is 19.7 Å². The molecule has 2 rings (SSSR count). The van der Waals surface area contributed by atoms with Crippen LogP contribution in [0.4, 0.5) is 5.69 Å². The monoisotopic (exact) mass is 324 g/mol. The summed E-state index contributed by atoms with van der Waals surface area (Å²) < 4.78 is 33.6. The number of anilines is 1. The molecule has 0 unspecified atom stereocenters. The van der Waals surface area contributed by atoms with Gasteiger partial charge in [-0.2, -0.15) is 5.10 Å². The summed E-state index contributed by atoms with van der Waals surface area (Å²) in [4.78, 5) is 4.05. The van der Waals surface area contributed by atoms with Crippen molar-refractivity contribution in [2.75, 3.05) is 17.6 Å². The number of benzene rings is 1. The molecule has 120 valence electrons. The largest absolute Gasteiger partial charge is 0.378 e. The van der Waals surface area contributed by atoms with Gasteiger partial charge in [0.25, 0.3) is 0 Å². The minimum Gasteiger partial charge on any atom is -0.378 e. The molecule has 2 aromatic rings. The predicted molar refractivity (Wildman–Crippen MR) is 84.6 cm³/mol. The fourth-order valence-corrected chi connectivity index (χ4v) is 3.56. The van der Waals surface area contributed by atoms with Crippen LogP contribution in [0, 0.1) is 6.92 Å². The molecule has 0 spiro atoms. The number of methoxy groups -OCH3 is 1. The highest BCUT2D eigenvalue weighted by atomic mass is 32.2. The fourth-order valence-electron chi connectivity index (χ4n) is 1.96. The minimum atomic E-state index is -3.49. The third kappa shape index (κ3) is 4.05. The Kier molecular flexibility index (Phi) is 4.52. The van der Waals surface area contributed by atoms with Crippen LogP contribution in [0.5, 0.6) is 0 Å². The first kappa shape index (κ1) is 16.4. The van der Waals surface area contributed by atoms with Crippen LogP contribution in [-0.4, -0.2) is 41.6 Å². The van der Waals surface area contributed by atoms with Crippen LogP contribution in [0.25, 0.3) is 5.69 Å². The highest BCUT2D eigenvalue weighted by Crippen LogP contribution is 2.17. The zero-order chi connectivity index (χ0) is 16.4. The summed E-state index contributed by atoms with van der Waals surface area (Å²) >= 11 is 0. The van der Waals surface area contributed by atoms with E-state index in [9.17, 15) is 8.42 Å². The molecule has 7 nitrogen and oxygen atoms in total. The Morgan fingerprint density at radius 2 is 1.91 bits per heavy atom. The number of aromatic nitrogens is 3. The number of nitrogens with one attached hydrogen (secondary N) is 1. The smallest absolute Gasteiger partial charge is 0.235 e. The summed E-state index contributed by atoms with van der Waals surface area (Å²) in [7, 11) is -2.00. The molecule has 0 aliphatic heterocycles. The van der Waals surface area contributed by atoms with Crippen molar-refractivity contribution in [2.45, 2.75) is 26.4 Å². The van der Waals surface area contributed by atoms with Gasteiger partial charge in [0.15, 0.2) is 0 Å². The van der Waals surface area contributed by atoms with Crippen molar-refractivity contribution in [3.63, 3.8) is 0 Å². The van der Waals surface area contributed by atoms with Crippen LogP contribution in [0.3, 0.4) is 0 Å². The number of hydrogen-bond acceptors (Lipinski definition) is 5. The van der Waals surface area contributed by atoms with Crippen molar-refractivity contribution in [2.24, 2.45) is 0 Å². The molecule has 0 saturated heterocycles. The molecular formula is C14H20N4O3S. The lowest BCUT2D eigenvalue weighted by Gasteiger charge is -2.22. The average Bonchev–Trinajstić information content (AvgIpc) is 2.84. The first-order valence-electron chi connectivity index (χ1n) is 6.75. The first-order valence-corrected chi connectivity index (χ1v) is 8.40. The van der Waals surface area contributed by atoms with E-state index in [0.29, 0.717) is 5.69 Å². The Labute approximate surface area is 130 Å². The van der Waals surface area contributed by atoms with E-state index < -0.39 is 15.6 Å². The summed E-state index contributed by atoms with van der Waals surface area (Å²) in [6.45, 7) is 5.29. The van der Waals surface area contributed by atoms with Crippen molar-refractivity contribution in [3.8, 4) is 5.69 Å². The second kappa shape index (κ2) is 6.05. The zero-order valence-corrected chi connectivity index (χ0v) is 13.9. The van der Waals surface area contributed by atoms with E-state index in [1.165, 1.54) is 13.4 Å². The number of sulfonamides is 1. The zero-order valence-electron chi connectivity index (χ0n) is 13.1. The van der Waals surface area contributed by atoms with Crippen LogP contribution in [0.15, 0.2) is 30.6 Å². The summed E-state index contributed by atoms with van der Waals surface area (Å²) in [5, 5.41) is 4.10.